The van der Waals surface area contributed by atoms with E-state index >= 15 is 0 Å². The normalized spacial score (nSPS) is 17.8. The van der Waals surface area contributed by atoms with Gasteiger partial charge in [-0.2, -0.15) is 0 Å². The van der Waals surface area contributed by atoms with Crippen LogP contribution in [0.5, 0.6) is 0 Å². The fraction of sp³-hybridized carbons (Fsp3) is 0.611. The van der Waals surface area contributed by atoms with E-state index in [-0.39, 0.29) is 11.7 Å². The molecule has 0 bridgehead atoms. The molecule has 0 amide bonds. The van der Waals surface area contributed by atoms with E-state index in [9.17, 15) is 8.78 Å². The van der Waals surface area contributed by atoms with E-state index in [1.807, 2.05) is 6.92 Å². The van der Waals surface area contributed by atoms with Gasteiger partial charge in [-0.1, -0.05) is 6.07 Å². The lowest BCUT2D eigenvalue weighted by Gasteiger charge is -2.21. The van der Waals surface area contributed by atoms with Crippen LogP contribution in [0.4, 0.5) is 14.5 Å². The van der Waals surface area contributed by atoms with Crippen molar-refractivity contribution >= 4 is 11.6 Å². The molecule has 0 radical (unpaired) electrons. The molecule has 1 aliphatic rings. The third kappa shape index (κ3) is 5.85. The molecule has 1 fully saturated rings. The lowest BCUT2D eigenvalue weighted by atomic mass is 10.2. The number of ether oxygens (including phenoxy) is 1. The Morgan fingerprint density at radius 1 is 1.32 bits per heavy atom. The summed E-state index contributed by atoms with van der Waals surface area (Å²) in [6.45, 7) is 5.48. The molecule has 1 saturated heterocycles. The molecule has 1 heterocycles. The largest absolute Gasteiger partial charge is 0.382 e. The molecule has 2 N–H and O–H groups in total. The van der Waals surface area contributed by atoms with E-state index in [4.69, 9.17) is 4.74 Å². The minimum Gasteiger partial charge on any atom is -0.382 e. The Morgan fingerprint density at radius 3 is 2.76 bits per heavy atom. The van der Waals surface area contributed by atoms with Gasteiger partial charge < -0.3 is 20.3 Å². The molecule has 140 valence electrons. The Balaban J connectivity index is 1.77. The summed E-state index contributed by atoms with van der Waals surface area (Å²) in [5, 5.41) is 6.59. The standard InChI is InChI=1S/C18H28F2N4O/c1-3-25-12-5-4-10-22-18(21-2)23-14-9-11-24(13-14)17-15(19)7-6-8-16(17)20/h6-8,14H,3-5,9-13H2,1-2H3,(H2,21,22,23). The number of guanidine groups is 1. The first-order chi connectivity index (χ1) is 12.2. The topological polar surface area (TPSA) is 48.9 Å². The fourth-order valence-corrected chi connectivity index (χ4v) is 2.94. The highest BCUT2D eigenvalue weighted by Crippen LogP contribution is 2.26. The molecule has 0 aromatic heterocycles. The predicted molar refractivity (Wildman–Crippen MR) is 97.2 cm³/mol. The summed E-state index contributed by atoms with van der Waals surface area (Å²) in [7, 11) is 1.72. The van der Waals surface area contributed by atoms with E-state index < -0.39 is 11.6 Å². The van der Waals surface area contributed by atoms with Crippen LogP contribution < -0.4 is 15.5 Å². The molecule has 0 spiro atoms. The van der Waals surface area contributed by atoms with E-state index in [0.717, 1.165) is 45.0 Å². The number of benzene rings is 1. The first kappa shape index (κ1) is 19.4. The number of nitrogens with zero attached hydrogens (tertiary/aromatic N) is 2. The summed E-state index contributed by atoms with van der Waals surface area (Å²) < 4.78 is 33.1. The molecule has 0 saturated carbocycles. The van der Waals surface area contributed by atoms with Crippen LogP contribution in [0.25, 0.3) is 0 Å². The van der Waals surface area contributed by atoms with Gasteiger partial charge in [-0.3, -0.25) is 4.99 Å². The van der Waals surface area contributed by atoms with Gasteiger partial charge in [0.2, 0.25) is 0 Å². The molecule has 1 atom stereocenters. The maximum atomic E-state index is 13.9. The summed E-state index contributed by atoms with van der Waals surface area (Å²) in [5.74, 6) is -0.313. The Kier molecular flexibility index (Phi) is 7.91. The van der Waals surface area contributed by atoms with Crippen LogP contribution in [0.1, 0.15) is 26.2 Å². The van der Waals surface area contributed by atoms with Crippen molar-refractivity contribution in [3.8, 4) is 0 Å². The first-order valence-electron chi connectivity index (χ1n) is 8.89. The van der Waals surface area contributed by atoms with E-state index in [2.05, 4.69) is 15.6 Å². The average molecular weight is 354 g/mol. The zero-order valence-corrected chi connectivity index (χ0v) is 15.0. The molecule has 1 unspecified atom stereocenters. The van der Waals surface area contributed by atoms with Crippen LogP contribution in [-0.2, 0) is 4.74 Å². The van der Waals surface area contributed by atoms with E-state index in [1.165, 1.54) is 18.2 Å². The Hall–Kier alpha value is -1.89. The van der Waals surface area contributed by atoms with Crippen molar-refractivity contribution in [2.45, 2.75) is 32.2 Å². The number of hydrogen-bond donors (Lipinski definition) is 2. The van der Waals surface area contributed by atoms with Crippen LogP contribution in [0.3, 0.4) is 0 Å². The van der Waals surface area contributed by atoms with Crippen LogP contribution in [-0.4, -0.2) is 51.9 Å². The molecule has 1 aromatic rings. The van der Waals surface area contributed by atoms with Gasteiger partial charge in [0.1, 0.15) is 17.3 Å². The molecular weight excluding hydrogens is 326 g/mol. The van der Waals surface area contributed by atoms with Gasteiger partial charge in [-0.15, -0.1) is 0 Å². The van der Waals surface area contributed by atoms with Gasteiger partial charge in [0, 0.05) is 45.9 Å². The number of nitrogens with one attached hydrogen (secondary N) is 2. The average Bonchev–Trinajstić information content (AvgIpc) is 3.05. The van der Waals surface area contributed by atoms with E-state index in [1.54, 1.807) is 11.9 Å². The van der Waals surface area contributed by atoms with E-state index in [0.29, 0.717) is 13.1 Å². The van der Waals surface area contributed by atoms with Gasteiger partial charge in [0.25, 0.3) is 0 Å². The minimum absolute atomic E-state index is 0.0608. The monoisotopic (exact) mass is 354 g/mol. The summed E-state index contributed by atoms with van der Waals surface area (Å²) in [5.41, 5.74) is 0.0608. The van der Waals surface area contributed by atoms with Crippen LogP contribution in [0, 0.1) is 11.6 Å². The number of aliphatic imine (C=N–C) groups is 1. The number of unbranched alkanes of at least 4 members (excludes halogenated alkanes) is 1. The molecule has 1 aliphatic heterocycles. The number of hydrogen-bond acceptors (Lipinski definition) is 3. The van der Waals surface area contributed by atoms with Gasteiger partial charge in [0.05, 0.1) is 0 Å². The zero-order valence-electron chi connectivity index (χ0n) is 15.0. The Bertz CT molecular complexity index is 548. The fourth-order valence-electron chi connectivity index (χ4n) is 2.94. The van der Waals surface area contributed by atoms with Gasteiger partial charge in [0.15, 0.2) is 5.96 Å². The highest BCUT2D eigenvalue weighted by molar-refractivity contribution is 5.80. The smallest absolute Gasteiger partial charge is 0.191 e. The molecule has 25 heavy (non-hydrogen) atoms. The second-order valence-corrected chi connectivity index (χ2v) is 6.05. The predicted octanol–water partition coefficient (Wildman–Crippen LogP) is 2.53. The van der Waals surface area contributed by atoms with Crippen molar-refractivity contribution < 1.29 is 13.5 Å². The van der Waals surface area contributed by atoms with Gasteiger partial charge in [-0.25, -0.2) is 8.78 Å². The van der Waals surface area contributed by atoms with Crippen molar-refractivity contribution in [1.82, 2.24) is 10.6 Å². The molecule has 0 aliphatic carbocycles. The third-order valence-corrected chi connectivity index (χ3v) is 4.22. The number of rotatable bonds is 8. The summed E-state index contributed by atoms with van der Waals surface area (Å²) >= 11 is 0. The summed E-state index contributed by atoms with van der Waals surface area (Å²) in [6.07, 6.45) is 2.80. The van der Waals surface area contributed by atoms with Crippen molar-refractivity contribution in [3.05, 3.63) is 29.8 Å². The minimum atomic E-state index is -0.516. The SMILES string of the molecule is CCOCCCCNC(=NC)NC1CCN(c2c(F)cccc2F)C1. The zero-order chi connectivity index (χ0) is 18.1. The van der Waals surface area contributed by atoms with Crippen molar-refractivity contribution in [2.24, 2.45) is 4.99 Å². The molecule has 2 rings (SSSR count). The van der Waals surface area contributed by atoms with Crippen LogP contribution >= 0.6 is 0 Å². The molecule has 1 aromatic carbocycles. The lowest BCUT2D eigenvalue weighted by molar-refractivity contribution is 0.143. The van der Waals surface area contributed by atoms with Crippen LogP contribution in [0.2, 0.25) is 0 Å². The maximum Gasteiger partial charge on any atom is 0.191 e. The number of para-hydroxylation sites is 1. The highest BCUT2D eigenvalue weighted by Gasteiger charge is 2.27. The Labute approximate surface area is 148 Å². The number of anilines is 1. The third-order valence-electron chi connectivity index (χ3n) is 4.22. The van der Waals surface area contributed by atoms with Crippen LogP contribution in [0.15, 0.2) is 23.2 Å². The van der Waals surface area contributed by atoms with Crippen molar-refractivity contribution in [3.63, 3.8) is 0 Å². The summed E-state index contributed by atoms with van der Waals surface area (Å²) in [4.78, 5) is 5.96. The highest BCUT2D eigenvalue weighted by atomic mass is 19.1. The van der Waals surface area contributed by atoms with Crippen molar-refractivity contribution in [1.29, 1.82) is 0 Å². The summed E-state index contributed by atoms with van der Waals surface area (Å²) in [6, 6.07) is 4.08. The lowest BCUT2D eigenvalue weighted by Crippen LogP contribution is -2.45. The molecule has 7 heteroatoms. The number of halogens is 2. The van der Waals surface area contributed by atoms with Crippen molar-refractivity contribution in [2.75, 3.05) is 44.8 Å². The molecule has 5 nitrogen and oxygen atoms in total. The van der Waals surface area contributed by atoms with Gasteiger partial charge in [-0.05, 0) is 38.3 Å². The molecular formula is C18H28F2N4O. The maximum absolute atomic E-state index is 13.9. The van der Waals surface area contributed by atoms with Gasteiger partial charge >= 0.3 is 0 Å². The second-order valence-electron chi connectivity index (χ2n) is 6.05. The first-order valence-corrected chi connectivity index (χ1v) is 8.89. The second kappa shape index (κ2) is 10.2. The Morgan fingerprint density at radius 2 is 2.08 bits per heavy atom. The quantitative estimate of drug-likeness (QED) is 0.428.